The summed E-state index contributed by atoms with van der Waals surface area (Å²) in [5.74, 6) is -2.20. The molecular weight excluding hydrogens is 292 g/mol. The maximum atomic E-state index is 11.5. The predicted molar refractivity (Wildman–Crippen MR) is 93.6 cm³/mol. The molecule has 0 heterocycles. The highest BCUT2D eigenvalue weighted by Crippen LogP contribution is 2.29. The van der Waals surface area contributed by atoms with E-state index in [1.54, 1.807) is 0 Å². The lowest BCUT2D eigenvalue weighted by atomic mass is 9.81. The molecule has 0 aromatic carbocycles. The maximum Gasteiger partial charge on any atom is 0.307 e. The van der Waals surface area contributed by atoms with Crippen LogP contribution in [0, 0.1) is 17.8 Å². The summed E-state index contributed by atoms with van der Waals surface area (Å²) in [6.45, 7) is 6.45. The zero-order valence-electron chi connectivity index (χ0n) is 15.2. The van der Waals surface area contributed by atoms with E-state index in [9.17, 15) is 14.7 Å². The van der Waals surface area contributed by atoms with Gasteiger partial charge in [0.2, 0.25) is 0 Å². The average Bonchev–Trinajstić information content (AvgIpc) is 2.46. The van der Waals surface area contributed by atoms with Crippen LogP contribution in [-0.4, -0.2) is 22.2 Å². The molecule has 0 saturated carbocycles. The predicted octanol–water partition coefficient (Wildman–Crippen LogP) is 5.36. The Morgan fingerprint density at radius 2 is 1.39 bits per heavy atom. The molecule has 0 rings (SSSR count). The van der Waals surface area contributed by atoms with E-state index in [1.807, 2.05) is 0 Å². The summed E-state index contributed by atoms with van der Waals surface area (Å²) < 4.78 is 0. The summed E-state index contributed by atoms with van der Waals surface area (Å²) in [5.41, 5.74) is 0. The van der Waals surface area contributed by atoms with E-state index < -0.39 is 17.9 Å². The standard InChI is InChI=1S/C19H36O4/c1-4-5-6-7-8-9-10-11-16(13-12-15(2)3)17(19(22)23)14-18(20)21/h15-17H,4-14H2,1-3H3,(H,20,21)(H,22,23). The Bertz CT molecular complexity index is 325. The van der Waals surface area contributed by atoms with Crippen LogP contribution in [0.1, 0.15) is 91.4 Å². The number of carboxylic acid groups (broad SMARTS) is 2. The van der Waals surface area contributed by atoms with Gasteiger partial charge in [0.15, 0.2) is 0 Å². The minimum absolute atomic E-state index is 0.0124. The molecule has 0 saturated heterocycles. The molecule has 0 bridgehead atoms. The van der Waals surface area contributed by atoms with Gasteiger partial charge in [-0.15, -0.1) is 0 Å². The molecule has 23 heavy (non-hydrogen) atoms. The molecule has 0 fully saturated rings. The van der Waals surface area contributed by atoms with Crippen LogP contribution < -0.4 is 0 Å². The van der Waals surface area contributed by atoms with Crippen LogP contribution in [-0.2, 0) is 9.59 Å². The monoisotopic (exact) mass is 328 g/mol. The van der Waals surface area contributed by atoms with E-state index in [0.29, 0.717) is 5.92 Å². The molecular formula is C19H36O4. The van der Waals surface area contributed by atoms with Gasteiger partial charge in [-0.3, -0.25) is 9.59 Å². The van der Waals surface area contributed by atoms with E-state index in [2.05, 4.69) is 20.8 Å². The molecule has 2 unspecified atom stereocenters. The number of rotatable bonds is 15. The molecule has 0 aliphatic rings. The first-order valence-electron chi connectivity index (χ1n) is 9.33. The lowest BCUT2D eigenvalue weighted by Gasteiger charge is -2.23. The van der Waals surface area contributed by atoms with Gasteiger partial charge in [0.1, 0.15) is 0 Å². The first-order valence-corrected chi connectivity index (χ1v) is 9.33. The van der Waals surface area contributed by atoms with Crippen LogP contribution in [0.2, 0.25) is 0 Å². The van der Waals surface area contributed by atoms with Crippen molar-refractivity contribution in [2.24, 2.45) is 17.8 Å². The van der Waals surface area contributed by atoms with Crippen molar-refractivity contribution < 1.29 is 19.8 Å². The lowest BCUT2D eigenvalue weighted by Crippen LogP contribution is -2.27. The highest BCUT2D eigenvalue weighted by atomic mass is 16.4. The average molecular weight is 328 g/mol. The molecule has 2 atom stereocenters. The smallest absolute Gasteiger partial charge is 0.307 e. The SMILES string of the molecule is CCCCCCCCCC(CCC(C)C)C(CC(=O)O)C(=O)O. The summed E-state index contributed by atoms with van der Waals surface area (Å²) in [7, 11) is 0. The van der Waals surface area contributed by atoms with Crippen molar-refractivity contribution >= 4 is 11.9 Å². The summed E-state index contributed by atoms with van der Waals surface area (Å²) in [6, 6.07) is 0. The third-order valence-corrected chi connectivity index (χ3v) is 4.57. The Labute approximate surface area is 141 Å². The zero-order chi connectivity index (χ0) is 17.7. The Hall–Kier alpha value is -1.06. The first kappa shape index (κ1) is 21.9. The summed E-state index contributed by atoms with van der Waals surface area (Å²) in [5, 5.41) is 18.4. The Morgan fingerprint density at radius 3 is 1.87 bits per heavy atom. The fraction of sp³-hybridized carbons (Fsp3) is 0.895. The van der Waals surface area contributed by atoms with Gasteiger partial charge >= 0.3 is 11.9 Å². The van der Waals surface area contributed by atoms with Gasteiger partial charge in [-0.1, -0.05) is 72.1 Å². The highest BCUT2D eigenvalue weighted by molar-refractivity contribution is 5.77. The van der Waals surface area contributed by atoms with Gasteiger partial charge in [0.05, 0.1) is 12.3 Å². The minimum atomic E-state index is -1.01. The zero-order valence-corrected chi connectivity index (χ0v) is 15.2. The molecule has 136 valence electrons. The Morgan fingerprint density at radius 1 is 0.826 bits per heavy atom. The van der Waals surface area contributed by atoms with E-state index in [1.165, 1.54) is 32.1 Å². The van der Waals surface area contributed by atoms with Crippen LogP contribution in [0.15, 0.2) is 0 Å². The maximum absolute atomic E-state index is 11.5. The van der Waals surface area contributed by atoms with Gasteiger partial charge in [0, 0.05) is 0 Å². The molecule has 0 aliphatic carbocycles. The van der Waals surface area contributed by atoms with Gasteiger partial charge in [-0.25, -0.2) is 0 Å². The molecule has 0 amide bonds. The van der Waals surface area contributed by atoms with Crippen molar-refractivity contribution in [1.82, 2.24) is 0 Å². The third-order valence-electron chi connectivity index (χ3n) is 4.57. The fourth-order valence-electron chi connectivity index (χ4n) is 3.10. The number of hydrogen-bond donors (Lipinski definition) is 2. The Kier molecular flexibility index (Phi) is 12.8. The first-order chi connectivity index (χ1) is 10.9. The molecule has 4 heteroatoms. The normalized spacial score (nSPS) is 13.9. The molecule has 4 nitrogen and oxygen atoms in total. The van der Waals surface area contributed by atoms with Gasteiger partial charge in [0.25, 0.3) is 0 Å². The number of aliphatic carboxylic acids is 2. The van der Waals surface area contributed by atoms with Gasteiger partial charge in [-0.05, 0) is 24.7 Å². The highest BCUT2D eigenvalue weighted by Gasteiger charge is 2.29. The van der Waals surface area contributed by atoms with E-state index in [-0.39, 0.29) is 12.3 Å². The molecule has 0 aromatic rings. The van der Waals surface area contributed by atoms with Crippen LogP contribution in [0.5, 0.6) is 0 Å². The van der Waals surface area contributed by atoms with E-state index in [4.69, 9.17) is 5.11 Å². The van der Waals surface area contributed by atoms with Crippen molar-refractivity contribution in [2.75, 3.05) is 0 Å². The Balaban J connectivity index is 4.36. The second-order valence-electron chi connectivity index (χ2n) is 7.18. The summed E-state index contributed by atoms with van der Waals surface area (Å²) >= 11 is 0. The minimum Gasteiger partial charge on any atom is -0.481 e. The molecule has 0 radical (unpaired) electrons. The van der Waals surface area contributed by atoms with Crippen LogP contribution >= 0.6 is 0 Å². The molecule has 0 aromatic heterocycles. The van der Waals surface area contributed by atoms with Crippen molar-refractivity contribution in [3.63, 3.8) is 0 Å². The molecule has 0 spiro atoms. The topological polar surface area (TPSA) is 74.6 Å². The summed E-state index contributed by atoms with van der Waals surface area (Å²) in [6.07, 6.45) is 10.8. The third kappa shape index (κ3) is 12.1. The van der Waals surface area contributed by atoms with Gasteiger partial charge < -0.3 is 10.2 Å². The molecule has 0 aliphatic heterocycles. The van der Waals surface area contributed by atoms with Crippen molar-refractivity contribution in [1.29, 1.82) is 0 Å². The van der Waals surface area contributed by atoms with Crippen molar-refractivity contribution in [3.05, 3.63) is 0 Å². The van der Waals surface area contributed by atoms with E-state index in [0.717, 1.165) is 32.1 Å². The second kappa shape index (κ2) is 13.4. The number of carbonyl (C=O) groups is 2. The number of hydrogen-bond acceptors (Lipinski definition) is 2. The summed E-state index contributed by atoms with van der Waals surface area (Å²) in [4.78, 5) is 22.4. The molecule has 2 N–H and O–H groups in total. The van der Waals surface area contributed by atoms with Gasteiger partial charge in [-0.2, -0.15) is 0 Å². The lowest BCUT2D eigenvalue weighted by molar-refractivity contribution is -0.150. The fourth-order valence-corrected chi connectivity index (χ4v) is 3.10. The van der Waals surface area contributed by atoms with Crippen molar-refractivity contribution in [2.45, 2.75) is 91.4 Å². The van der Waals surface area contributed by atoms with Crippen LogP contribution in [0.25, 0.3) is 0 Å². The van der Waals surface area contributed by atoms with Crippen LogP contribution in [0.3, 0.4) is 0 Å². The second-order valence-corrected chi connectivity index (χ2v) is 7.18. The number of carboxylic acids is 2. The van der Waals surface area contributed by atoms with Crippen LogP contribution in [0.4, 0.5) is 0 Å². The number of unbranched alkanes of at least 4 members (excludes halogenated alkanes) is 6. The largest absolute Gasteiger partial charge is 0.481 e. The van der Waals surface area contributed by atoms with Crippen molar-refractivity contribution in [3.8, 4) is 0 Å². The quantitative estimate of drug-likeness (QED) is 0.397. The van der Waals surface area contributed by atoms with E-state index >= 15 is 0 Å².